The van der Waals surface area contributed by atoms with Gasteiger partial charge < -0.3 is 5.32 Å². The Labute approximate surface area is 176 Å². The van der Waals surface area contributed by atoms with Crippen molar-refractivity contribution < 1.29 is 13.2 Å². The first-order chi connectivity index (χ1) is 13.8. The zero-order chi connectivity index (χ0) is 21.3. The van der Waals surface area contributed by atoms with E-state index in [9.17, 15) is 13.2 Å². The lowest BCUT2D eigenvalue weighted by Gasteiger charge is -2.21. The van der Waals surface area contributed by atoms with Crippen LogP contribution in [-0.2, 0) is 20.6 Å². The summed E-state index contributed by atoms with van der Waals surface area (Å²) in [6.45, 7) is 4.01. The van der Waals surface area contributed by atoms with Crippen LogP contribution in [0.3, 0.4) is 0 Å². The van der Waals surface area contributed by atoms with Gasteiger partial charge in [-0.2, -0.15) is 21.7 Å². The minimum atomic E-state index is -3.78. The highest BCUT2D eigenvalue weighted by molar-refractivity contribution is 7.98. The summed E-state index contributed by atoms with van der Waals surface area (Å²) < 4.78 is 27.6. The third kappa shape index (κ3) is 6.89. The van der Waals surface area contributed by atoms with Crippen molar-refractivity contribution in [3.8, 4) is 6.07 Å². The molecule has 0 spiro atoms. The van der Waals surface area contributed by atoms with Crippen LogP contribution >= 0.6 is 11.8 Å². The molecule has 0 saturated heterocycles. The molecular formula is C21H25N3O3S2. The quantitative estimate of drug-likeness (QED) is 0.564. The van der Waals surface area contributed by atoms with E-state index < -0.39 is 16.1 Å². The number of thioether (sulfide) groups is 1. The Bertz CT molecular complexity index is 955. The summed E-state index contributed by atoms with van der Waals surface area (Å²) in [6, 6.07) is 16.7. The molecule has 1 unspecified atom stereocenters. The number of benzene rings is 2. The van der Waals surface area contributed by atoms with Crippen molar-refractivity contribution in [3.05, 3.63) is 65.7 Å². The maximum Gasteiger partial charge on any atom is 0.241 e. The minimum absolute atomic E-state index is 0.130. The maximum atomic E-state index is 12.5. The summed E-state index contributed by atoms with van der Waals surface area (Å²) in [5.74, 6) is 0.775. The molecule has 0 aliphatic rings. The van der Waals surface area contributed by atoms with Crippen LogP contribution in [0.1, 0.15) is 25.0 Å². The molecule has 1 amide bonds. The van der Waals surface area contributed by atoms with Gasteiger partial charge >= 0.3 is 0 Å². The minimum Gasteiger partial charge on any atom is -0.354 e. The number of carbonyl (C=O) groups excluding carboxylic acids is 1. The first kappa shape index (κ1) is 22.9. The summed E-state index contributed by atoms with van der Waals surface area (Å²) in [4.78, 5) is 12.7. The molecule has 2 N–H and O–H groups in total. The fraction of sp³-hybridized carbons (Fsp3) is 0.333. The summed E-state index contributed by atoms with van der Waals surface area (Å²) >= 11 is 1.60. The summed E-state index contributed by atoms with van der Waals surface area (Å²) in [5.41, 5.74) is 1.61. The van der Waals surface area contributed by atoms with Crippen LogP contribution in [0.4, 0.5) is 0 Å². The summed E-state index contributed by atoms with van der Waals surface area (Å²) in [5, 5.41) is 11.9. The molecule has 0 heterocycles. The highest BCUT2D eigenvalue weighted by Gasteiger charge is 2.28. The number of sulfonamides is 1. The van der Waals surface area contributed by atoms with Gasteiger partial charge in [0.1, 0.15) is 6.04 Å². The van der Waals surface area contributed by atoms with Crippen molar-refractivity contribution in [2.24, 2.45) is 5.92 Å². The second-order valence-electron chi connectivity index (χ2n) is 6.77. The monoisotopic (exact) mass is 431 g/mol. The molecule has 29 heavy (non-hydrogen) atoms. The Morgan fingerprint density at radius 1 is 1.10 bits per heavy atom. The third-order valence-electron chi connectivity index (χ3n) is 4.23. The predicted octanol–water partition coefficient (Wildman–Crippen LogP) is 2.91. The van der Waals surface area contributed by atoms with Gasteiger partial charge in [-0.1, -0.05) is 50.2 Å². The largest absolute Gasteiger partial charge is 0.354 e. The van der Waals surface area contributed by atoms with Crippen LogP contribution in [0.5, 0.6) is 0 Å². The Morgan fingerprint density at radius 2 is 1.76 bits per heavy atom. The number of rotatable bonds is 10. The van der Waals surface area contributed by atoms with Crippen LogP contribution in [0, 0.1) is 17.2 Å². The van der Waals surface area contributed by atoms with E-state index in [1.165, 1.54) is 12.1 Å². The molecule has 2 aromatic carbocycles. The summed E-state index contributed by atoms with van der Waals surface area (Å²) in [6.07, 6.45) is 0. The van der Waals surface area contributed by atoms with Gasteiger partial charge in [0.2, 0.25) is 15.9 Å². The number of nitrogens with one attached hydrogen (secondary N) is 2. The lowest BCUT2D eigenvalue weighted by molar-refractivity contribution is -0.123. The van der Waals surface area contributed by atoms with Crippen molar-refractivity contribution in [1.82, 2.24) is 10.0 Å². The van der Waals surface area contributed by atoms with E-state index >= 15 is 0 Å². The average molecular weight is 432 g/mol. The SMILES string of the molecule is CC(C)C(NS(=O)(=O)c1ccccc1)C(=O)NCCSCc1ccccc1C#N. The number of hydrogen-bond acceptors (Lipinski definition) is 5. The van der Waals surface area contributed by atoms with Crippen molar-refractivity contribution in [3.63, 3.8) is 0 Å². The smallest absolute Gasteiger partial charge is 0.241 e. The normalized spacial score (nSPS) is 12.3. The fourth-order valence-corrected chi connectivity index (χ4v) is 4.85. The molecule has 0 aliphatic heterocycles. The van der Waals surface area contributed by atoms with E-state index in [-0.39, 0.29) is 16.7 Å². The van der Waals surface area contributed by atoms with Crippen LogP contribution in [-0.4, -0.2) is 32.7 Å². The van der Waals surface area contributed by atoms with Gasteiger partial charge in [-0.25, -0.2) is 8.42 Å². The number of nitriles is 1. The molecule has 0 fully saturated rings. The zero-order valence-corrected chi connectivity index (χ0v) is 18.1. The molecule has 8 heteroatoms. The van der Waals surface area contributed by atoms with Gasteiger partial charge in [0.05, 0.1) is 16.5 Å². The van der Waals surface area contributed by atoms with Crippen LogP contribution in [0.25, 0.3) is 0 Å². The molecule has 2 rings (SSSR count). The lowest BCUT2D eigenvalue weighted by atomic mass is 10.1. The second-order valence-corrected chi connectivity index (χ2v) is 9.59. The first-order valence-electron chi connectivity index (χ1n) is 9.26. The molecule has 0 bridgehead atoms. The van der Waals surface area contributed by atoms with Gasteiger partial charge in [-0.3, -0.25) is 4.79 Å². The molecule has 0 aromatic heterocycles. The van der Waals surface area contributed by atoms with E-state index in [0.717, 1.165) is 5.56 Å². The fourth-order valence-electron chi connectivity index (χ4n) is 2.62. The Hall–Kier alpha value is -2.34. The Kier molecular flexibility index (Phi) is 8.70. The molecule has 0 aliphatic carbocycles. The lowest BCUT2D eigenvalue weighted by Crippen LogP contribution is -2.50. The van der Waals surface area contributed by atoms with Crippen molar-refractivity contribution in [2.45, 2.75) is 30.5 Å². The number of carbonyl (C=O) groups is 1. The first-order valence-corrected chi connectivity index (χ1v) is 11.9. The highest BCUT2D eigenvalue weighted by Crippen LogP contribution is 2.16. The Morgan fingerprint density at radius 3 is 2.41 bits per heavy atom. The van der Waals surface area contributed by atoms with E-state index in [1.54, 1.807) is 49.9 Å². The van der Waals surface area contributed by atoms with Crippen LogP contribution < -0.4 is 10.0 Å². The molecule has 154 valence electrons. The number of amides is 1. The van der Waals surface area contributed by atoms with Gasteiger partial charge in [0, 0.05) is 18.1 Å². The highest BCUT2D eigenvalue weighted by atomic mass is 32.2. The number of hydrogen-bond donors (Lipinski definition) is 2. The number of nitrogens with zero attached hydrogens (tertiary/aromatic N) is 1. The third-order valence-corrected chi connectivity index (χ3v) is 6.69. The van der Waals surface area contributed by atoms with E-state index in [2.05, 4.69) is 16.1 Å². The van der Waals surface area contributed by atoms with Gasteiger partial charge in [-0.15, -0.1) is 0 Å². The molecule has 1 atom stereocenters. The van der Waals surface area contributed by atoms with E-state index in [4.69, 9.17) is 5.26 Å². The second kappa shape index (κ2) is 11.0. The van der Waals surface area contributed by atoms with E-state index in [0.29, 0.717) is 23.6 Å². The van der Waals surface area contributed by atoms with E-state index in [1.807, 2.05) is 18.2 Å². The molecular weight excluding hydrogens is 406 g/mol. The average Bonchev–Trinajstić information content (AvgIpc) is 2.72. The van der Waals surface area contributed by atoms with Gasteiger partial charge in [0.25, 0.3) is 0 Å². The molecule has 0 saturated carbocycles. The van der Waals surface area contributed by atoms with Crippen LogP contribution in [0.15, 0.2) is 59.5 Å². The van der Waals surface area contributed by atoms with Crippen molar-refractivity contribution >= 4 is 27.7 Å². The van der Waals surface area contributed by atoms with Crippen molar-refractivity contribution in [2.75, 3.05) is 12.3 Å². The molecule has 6 nitrogen and oxygen atoms in total. The predicted molar refractivity (Wildman–Crippen MR) is 116 cm³/mol. The maximum absolute atomic E-state index is 12.5. The van der Waals surface area contributed by atoms with Gasteiger partial charge in [0.15, 0.2) is 0 Å². The standard InChI is InChI=1S/C21H25N3O3S2/c1-16(2)20(24-29(26,27)19-10-4-3-5-11-19)21(25)23-12-13-28-15-18-9-7-6-8-17(18)14-22/h3-11,16,20,24H,12-13,15H2,1-2H3,(H,23,25). The topological polar surface area (TPSA) is 99.1 Å². The molecule has 0 radical (unpaired) electrons. The summed E-state index contributed by atoms with van der Waals surface area (Å²) in [7, 11) is -3.78. The van der Waals surface area contributed by atoms with Gasteiger partial charge in [-0.05, 0) is 29.7 Å². The molecule has 2 aromatic rings. The zero-order valence-electron chi connectivity index (χ0n) is 16.5. The van der Waals surface area contributed by atoms with Crippen LogP contribution in [0.2, 0.25) is 0 Å². The van der Waals surface area contributed by atoms with Crippen molar-refractivity contribution in [1.29, 1.82) is 5.26 Å². The Balaban J connectivity index is 1.86.